The molecule has 3 nitrogen and oxygen atoms in total. The zero-order valence-corrected chi connectivity index (χ0v) is 12.7. The Bertz CT molecular complexity index is 628. The van der Waals surface area contributed by atoms with E-state index in [-0.39, 0.29) is 11.9 Å². The third-order valence-corrected chi connectivity index (χ3v) is 3.51. The average molecular weight is 289 g/mol. The molecule has 0 bridgehead atoms. The van der Waals surface area contributed by atoms with Crippen LogP contribution >= 0.6 is 0 Å². The Morgan fingerprint density at radius 1 is 1.05 bits per heavy atom. The molecule has 0 aliphatic rings. The number of nitrogens with one attached hydrogen (secondary N) is 1. The summed E-state index contributed by atoms with van der Waals surface area (Å²) in [5.74, 6) is 0.917. The number of halogens is 1. The maximum atomic E-state index is 14.3. The van der Waals surface area contributed by atoms with Crippen LogP contribution in [-0.4, -0.2) is 21.3 Å². The summed E-state index contributed by atoms with van der Waals surface area (Å²) < 4.78 is 25.1. The van der Waals surface area contributed by atoms with Crippen LogP contribution in [0.3, 0.4) is 0 Å². The van der Waals surface area contributed by atoms with E-state index in [1.807, 2.05) is 25.1 Å². The maximum Gasteiger partial charge on any atom is 0.132 e. The smallest absolute Gasteiger partial charge is 0.132 e. The lowest BCUT2D eigenvalue weighted by Gasteiger charge is -2.22. The van der Waals surface area contributed by atoms with Gasteiger partial charge in [0.2, 0.25) is 0 Å². The average Bonchev–Trinajstić information content (AvgIpc) is 2.49. The molecule has 0 aliphatic carbocycles. The molecular weight excluding hydrogens is 269 g/mol. The van der Waals surface area contributed by atoms with E-state index in [9.17, 15) is 4.39 Å². The van der Waals surface area contributed by atoms with Crippen LogP contribution in [0.25, 0.3) is 0 Å². The Labute approximate surface area is 124 Å². The van der Waals surface area contributed by atoms with Gasteiger partial charge in [-0.25, -0.2) is 4.39 Å². The Morgan fingerprint density at radius 3 is 2.38 bits per heavy atom. The number of ether oxygens (including phenoxy) is 2. The molecule has 2 rings (SSSR count). The van der Waals surface area contributed by atoms with Gasteiger partial charge in [0.25, 0.3) is 0 Å². The number of hydrogen-bond donors (Lipinski definition) is 1. The van der Waals surface area contributed by atoms with Gasteiger partial charge in [-0.15, -0.1) is 0 Å². The molecule has 1 atom stereocenters. The van der Waals surface area contributed by atoms with Gasteiger partial charge >= 0.3 is 0 Å². The Balaban J connectivity index is 2.63. The van der Waals surface area contributed by atoms with Gasteiger partial charge in [0.15, 0.2) is 0 Å². The van der Waals surface area contributed by atoms with Crippen LogP contribution in [0.2, 0.25) is 0 Å². The van der Waals surface area contributed by atoms with Crippen molar-refractivity contribution in [1.29, 1.82) is 0 Å². The third kappa shape index (κ3) is 3.00. The van der Waals surface area contributed by atoms with Crippen LogP contribution in [0.5, 0.6) is 11.5 Å². The van der Waals surface area contributed by atoms with Crippen molar-refractivity contribution in [3.8, 4) is 11.5 Å². The molecule has 0 heterocycles. The Kier molecular flexibility index (Phi) is 4.81. The maximum absolute atomic E-state index is 14.3. The van der Waals surface area contributed by atoms with Crippen molar-refractivity contribution in [3.05, 3.63) is 58.9 Å². The molecule has 0 amide bonds. The third-order valence-electron chi connectivity index (χ3n) is 3.51. The molecule has 0 radical (unpaired) electrons. The molecule has 112 valence electrons. The highest BCUT2D eigenvalue weighted by Crippen LogP contribution is 2.36. The van der Waals surface area contributed by atoms with E-state index in [0.29, 0.717) is 17.1 Å². The molecule has 1 unspecified atom stereocenters. The zero-order chi connectivity index (χ0) is 15.4. The highest BCUT2D eigenvalue weighted by atomic mass is 19.1. The first-order valence-electron chi connectivity index (χ1n) is 6.76. The second kappa shape index (κ2) is 6.59. The fourth-order valence-electron chi connectivity index (χ4n) is 2.51. The summed E-state index contributed by atoms with van der Waals surface area (Å²) in [7, 11) is 4.94. The largest absolute Gasteiger partial charge is 0.496 e. The first-order chi connectivity index (χ1) is 10.1. The van der Waals surface area contributed by atoms with Gasteiger partial charge in [-0.3, -0.25) is 0 Å². The summed E-state index contributed by atoms with van der Waals surface area (Å²) in [6, 6.07) is 10.3. The zero-order valence-electron chi connectivity index (χ0n) is 12.7. The van der Waals surface area contributed by atoms with Crippen LogP contribution in [0.15, 0.2) is 36.4 Å². The van der Waals surface area contributed by atoms with Crippen LogP contribution in [0.1, 0.15) is 22.7 Å². The minimum Gasteiger partial charge on any atom is -0.496 e. The van der Waals surface area contributed by atoms with Gasteiger partial charge in [-0.2, -0.15) is 0 Å². The van der Waals surface area contributed by atoms with Gasteiger partial charge in [-0.1, -0.05) is 23.8 Å². The van der Waals surface area contributed by atoms with Gasteiger partial charge in [0.05, 0.1) is 25.8 Å². The SMILES string of the molecule is CNC(c1cc(C)ccc1OC)c1c(F)cccc1OC. The summed E-state index contributed by atoms with van der Waals surface area (Å²) in [5, 5.41) is 3.15. The molecule has 2 aromatic rings. The van der Waals surface area contributed by atoms with Crippen molar-refractivity contribution >= 4 is 0 Å². The van der Waals surface area contributed by atoms with E-state index < -0.39 is 0 Å². The van der Waals surface area contributed by atoms with E-state index in [1.54, 1.807) is 33.4 Å². The van der Waals surface area contributed by atoms with Gasteiger partial charge in [-0.05, 0) is 32.2 Å². The molecule has 0 spiro atoms. The summed E-state index contributed by atoms with van der Waals surface area (Å²) in [5.41, 5.74) is 2.44. The summed E-state index contributed by atoms with van der Waals surface area (Å²) in [4.78, 5) is 0. The molecule has 0 aromatic heterocycles. The number of hydrogen-bond acceptors (Lipinski definition) is 3. The molecule has 0 saturated heterocycles. The van der Waals surface area contributed by atoms with Gasteiger partial charge in [0, 0.05) is 5.56 Å². The number of benzene rings is 2. The van der Waals surface area contributed by atoms with E-state index in [2.05, 4.69) is 5.32 Å². The van der Waals surface area contributed by atoms with Gasteiger partial charge in [0.1, 0.15) is 17.3 Å². The number of methoxy groups -OCH3 is 2. The molecule has 0 fully saturated rings. The topological polar surface area (TPSA) is 30.5 Å². The summed E-state index contributed by atoms with van der Waals surface area (Å²) in [6.45, 7) is 1.99. The normalized spacial score (nSPS) is 12.0. The minimum absolute atomic E-state index is 0.308. The molecule has 0 saturated carbocycles. The van der Waals surface area contributed by atoms with Crippen molar-refractivity contribution in [1.82, 2.24) is 5.32 Å². The summed E-state index contributed by atoms with van der Waals surface area (Å²) in [6.07, 6.45) is 0. The molecular formula is C17H20FNO2. The Hall–Kier alpha value is -2.07. The van der Waals surface area contributed by atoms with Crippen molar-refractivity contribution in [2.75, 3.05) is 21.3 Å². The monoisotopic (exact) mass is 289 g/mol. The van der Waals surface area contributed by atoms with Crippen LogP contribution in [-0.2, 0) is 0 Å². The Morgan fingerprint density at radius 2 is 1.76 bits per heavy atom. The van der Waals surface area contributed by atoms with E-state index in [0.717, 1.165) is 11.1 Å². The van der Waals surface area contributed by atoms with E-state index >= 15 is 0 Å². The van der Waals surface area contributed by atoms with Gasteiger partial charge < -0.3 is 14.8 Å². The highest BCUT2D eigenvalue weighted by molar-refractivity contribution is 5.48. The standard InChI is InChI=1S/C17H20FNO2/c1-11-8-9-14(20-3)12(10-11)17(19-2)16-13(18)6-5-7-15(16)21-4/h5-10,17,19H,1-4H3. The first kappa shape index (κ1) is 15.3. The predicted octanol–water partition coefficient (Wildman–Crippen LogP) is 3.46. The van der Waals surface area contributed by atoms with Crippen LogP contribution in [0, 0.1) is 12.7 Å². The fourth-order valence-corrected chi connectivity index (χ4v) is 2.51. The lowest BCUT2D eigenvalue weighted by molar-refractivity contribution is 0.390. The lowest BCUT2D eigenvalue weighted by atomic mass is 9.95. The van der Waals surface area contributed by atoms with Crippen molar-refractivity contribution < 1.29 is 13.9 Å². The molecule has 21 heavy (non-hydrogen) atoms. The molecule has 1 N–H and O–H groups in total. The van der Waals surface area contributed by atoms with Crippen molar-refractivity contribution in [2.45, 2.75) is 13.0 Å². The number of rotatable bonds is 5. The molecule has 4 heteroatoms. The highest BCUT2D eigenvalue weighted by Gasteiger charge is 2.23. The van der Waals surface area contributed by atoms with Crippen molar-refractivity contribution in [3.63, 3.8) is 0 Å². The summed E-state index contributed by atoms with van der Waals surface area (Å²) >= 11 is 0. The molecule has 0 aliphatic heterocycles. The second-order valence-corrected chi connectivity index (χ2v) is 4.82. The lowest BCUT2D eigenvalue weighted by Crippen LogP contribution is -2.20. The predicted molar refractivity (Wildman–Crippen MR) is 81.6 cm³/mol. The fraction of sp³-hybridized carbons (Fsp3) is 0.294. The van der Waals surface area contributed by atoms with E-state index in [4.69, 9.17) is 9.47 Å². The quantitative estimate of drug-likeness (QED) is 0.914. The number of aryl methyl sites for hydroxylation is 1. The van der Waals surface area contributed by atoms with Crippen molar-refractivity contribution in [2.24, 2.45) is 0 Å². The van der Waals surface area contributed by atoms with E-state index in [1.165, 1.54) is 6.07 Å². The first-order valence-corrected chi connectivity index (χ1v) is 6.76. The second-order valence-electron chi connectivity index (χ2n) is 4.82. The minimum atomic E-state index is -0.351. The van der Waals surface area contributed by atoms with Crippen LogP contribution in [0.4, 0.5) is 4.39 Å². The molecule has 2 aromatic carbocycles. The van der Waals surface area contributed by atoms with Crippen LogP contribution < -0.4 is 14.8 Å².